The highest BCUT2D eigenvalue weighted by Gasteiger charge is 2.20. The average molecular weight is 232 g/mol. The molecule has 0 amide bonds. The molecule has 0 radical (unpaired) electrons. The third-order valence-corrected chi connectivity index (χ3v) is 2.27. The van der Waals surface area contributed by atoms with Crippen molar-refractivity contribution in [1.29, 1.82) is 0 Å². The minimum absolute atomic E-state index is 0.0647. The Hall–Kier alpha value is -1.24. The molecule has 0 aliphatic carbocycles. The molecule has 1 aromatic carbocycles. The fraction of sp³-hybridized carbons (Fsp3) is 0.400. The van der Waals surface area contributed by atoms with Gasteiger partial charge in [-0.1, -0.05) is 0 Å². The third kappa shape index (κ3) is 2.66. The molecular formula is C10H14F2N2O2. The largest absolute Gasteiger partial charge is 0.394 e. The van der Waals surface area contributed by atoms with Gasteiger partial charge in [0.2, 0.25) is 0 Å². The fourth-order valence-electron chi connectivity index (χ4n) is 1.33. The molecule has 6 heteroatoms. The summed E-state index contributed by atoms with van der Waals surface area (Å²) < 4.78 is 26.1. The van der Waals surface area contributed by atoms with Gasteiger partial charge in [-0.25, -0.2) is 8.78 Å². The minimum atomic E-state index is -1.38. The highest BCUT2D eigenvalue weighted by Crippen LogP contribution is 2.24. The van der Waals surface area contributed by atoms with Crippen LogP contribution in [-0.2, 0) is 0 Å². The zero-order chi connectivity index (χ0) is 12.3. The third-order valence-electron chi connectivity index (χ3n) is 2.27. The molecule has 1 aromatic rings. The Labute approximate surface area is 91.5 Å². The number of hydrogen-bond acceptors (Lipinski definition) is 4. The lowest BCUT2D eigenvalue weighted by Gasteiger charge is -2.18. The van der Waals surface area contributed by atoms with Gasteiger partial charge in [0.25, 0.3) is 0 Å². The lowest BCUT2D eigenvalue weighted by molar-refractivity contribution is 0.0147. The molecule has 0 saturated carbocycles. The monoisotopic (exact) mass is 232 g/mol. The first-order valence-corrected chi connectivity index (χ1v) is 4.78. The molecule has 6 N–H and O–H groups in total. The maximum atomic E-state index is 13.1. The van der Waals surface area contributed by atoms with Gasteiger partial charge in [-0.15, -0.1) is 0 Å². The zero-order valence-electron chi connectivity index (χ0n) is 8.53. The Morgan fingerprint density at radius 2 is 1.69 bits per heavy atom. The van der Waals surface area contributed by atoms with Crippen LogP contribution in [0.5, 0.6) is 0 Å². The van der Waals surface area contributed by atoms with Crippen LogP contribution in [0.2, 0.25) is 0 Å². The summed E-state index contributed by atoms with van der Waals surface area (Å²) in [4.78, 5) is 0. The molecule has 16 heavy (non-hydrogen) atoms. The van der Waals surface area contributed by atoms with Crippen molar-refractivity contribution in [2.45, 2.75) is 18.6 Å². The molecule has 2 atom stereocenters. The molecule has 0 aliphatic heterocycles. The quantitative estimate of drug-likeness (QED) is 0.561. The van der Waals surface area contributed by atoms with Crippen molar-refractivity contribution in [2.24, 2.45) is 5.73 Å². The van der Waals surface area contributed by atoms with Gasteiger partial charge >= 0.3 is 0 Å². The van der Waals surface area contributed by atoms with E-state index in [1.54, 1.807) is 0 Å². The van der Waals surface area contributed by atoms with Crippen molar-refractivity contribution in [3.63, 3.8) is 0 Å². The van der Waals surface area contributed by atoms with Crippen LogP contribution < -0.4 is 11.5 Å². The van der Waals surface area contributed by atoms with E-state index in [-0.39, 0.29) is 18.5 Å². The number of halogens is 2. The number of aliphatic hydroxyl groups excluding tert-OH is 2. The van der Waals surface area contributed by atoms with Crippen molar-refractivity contribution in [3.8, 4) is 0 Å². The maximum Gasteiger partial charge on any atom is 0.149 e. The van der Waals surface area contributed by atoms with Crippen LogP contribution in [0, 0.1) is 11.6 Å². The Kier molecular flexibility index (Phi) is 4.17. The number of aliphatic hydroxyl groups is 2. The topological polar surface area (TPSA) is 92.5 Å². The normalized spacial score (nSPS) is 14.8. The van der Waals surface area contributed by atoms with Crippen molar-refractivity contribution >= 4 is 5.69 Å². The lowest BCUT2D eigenvalue weighted by atomic mass is 10.0. The van der Waals surface area contributed by atoms with E-state index in [4.69, 9.17) is 11.5 Å². The van der Waals surface area contributed by atoms with E-state index in [2.05, 4.69) is 0 Å². The summed E-state index contributed by atoms with van der Waals surface area (Å²) in [5, 5.41) is 19.0. The van der Waals surface area contributed by atoms with Crippen molar-refractivity contribution in [2.75, 3.05) is 12.3 Å². The molecule has 1 rings (SSSR count). The van der Waals surface area contributed by atoms with E-state index < -0.39 is 29.5 Å². The summed E-state index contributed by atoms with van der Waals surface area (Å²) in [7, 11) is 0. The summed E-state index contributed by atoms with van der Waals surface area (Å²) in [6.45, 7) is 0.165. The second kappa shape index (κ2) is 5.20. The summed E-state index contributed by atoms with van der Waals surface area (Å²) >= 11 is 0. The lowest BCUT2D eigenvalue weighted by Crippen LogP contribution is -2.22. The van der Waals surface area contributed by atoms with Gasteiger partial charge in [-0.05, 0) is 30.7 Å². The van der Waals surface area contributed by atoms with Gasteiger partial charge in [-0.2, -0.15) is 0 Å². The fourth-order valence-corrected chi connectivity index (χ4v) is 1.33. The minimum Gasteiger partial charge on any atom is -0.394 e. The maximum absolute atomic E-state index is 13.1. The first-order valence-electron chi connectivity index (χ1n) is 4.78. The molecule has 0 aromatic heterocycles. The Balaban J connectivity index is 2.96. The molecule has 2 unspecified atom stereocenters. The Bertz CT molecular complexity index is 351. The van der Waals surface area contributed by atoms with Gasteiger partial charge in [-0.3, -0.25) is 0 Å². The van der Waals surface area contributed by atoms with E-state index >= 15 is 0 Å². The van der Waals surface area contributed by atoms with Crippen LogP contribution in [0.25, 0.3) is 0 Å². The predicted octanol–water partition coefficient (Wildman–Crippen LogP) is 0.290. The first kappa shape index (κ1) is 12.8. The number of hydrogen-bond donors (Lipinski definition) is 4. The molecule has 0 bridgehead atoms. The highest BCUT2D eigenvalue weighted by atomic mass is 19.1. The Morgan fingerprint density at radius 1 is 1.19 bits per heavy atom. The van der Waals surface area contributed by atoms with Crippen LogP contribution in [0.1, 0.15) is 18.1 Å². The van der Waals surface area contributed by atoms with Gasteiger partial charge in [0.15, 0.2) is 0 Å². The molecule has 0 spiro atoms. The average Bonchev–Trinajstić information content (AvgIpc) is 2.24. The molecule has 90 valence electrons. The predicted molar refractivity (Wildman–Crippen MR) is 55.4 cm³/mol. The van der Waals surface area contributed by atoms with Crippen molar-refractivity contribution in [1.82, 2.24) is 0 Å². The molecule has 0 fully saturated rings. The molecular weight excluding hydrogens is 218 g/mol. The van der Waals surface area contributed by atoms with E-state index in [1.165, 1.54) is 0 Å². The van der Waals surface area contributed by atoms with Crippen molar-refractivity contribution < 1.29 is 19.0 Å². The van der Waals surface area contributed by atoms with E-state index in [0.29, 0.717) is 0 Å². The van der Waals surface area contributed by atoms with E-state index in [1.807, 2.05) is 0 Å². The number of nitrogen functional groups attached to an aromatic ring is 1. The second-order valence-corrected chi connectivity index (χ2v) is 3.49. The van der Waals surface area contributed by atoms with E-state index in [0.717, 1.165) is 12.1 Å². The van der Waals surface area contributed by atoms with Gasteiger partial charge < -0.3 is 21.7 Å². The summed E-state index contributed by atoms with van der Waals surface area (Å²) in [5.74, 6) is -1.93. The van der Waals surface area contributed by atoms with Crippen LogP contribution in [0.4, 0.5) is 14.5 Å². The van der Waals surface area contributed by atoms with E-state index in [9.17, 15) is 19.0 Å². The summed E-state index contributed by atoms with van der Waals surface area (Å²) in [6, 6.07) is 1.78. The van der Waals surface area contributed by atoms with Crippen LogP contribution >= 0.6 is 0 Å². The molecule has 0 saturated heterocycles. The number of benzene rings is 1. The van der Waals surface area contributed by atoms with Gasteiger partial charge in [0, 0.05) is 0 Å². The number of rotatable bonds is 4. The molecule has 4 nitrogen and oxygen atoms in total. The summed E-state index contributed by atoms with van der Waals surface area (Å²) in [6.07, 6.45) is -2.41. The van der Waals surface area contributed by atoms with Crippen LogP contribution in [0.15, 0.2) is 12.1 Å². The number of nitrogens with two attached hydrogens (primary N) is 2. The Morgan fingerprint density at radius 3 is 2.12 bits per heavy atom. The summed E-state index contributed by atoms with van der Waals surface area (Å²) in [5.41, 5.74) is 9.59. The zero-order valence-corrected chi connectivity index (χ0v) is 8.53. The molecule has 0 heterocycles. The SMILES string of the molecule is NCCC(O)C(O)c1cc(F)c(N)c(F)c1. The van der Waals surface area contributed by atoms with Gasteiger partial charge in [0.1, 0.15) is 23.4 Å². The second-order valence-electron chi connectivity index (χ2n) is 3.49. The van der Waals surface area contributed by atoms with Gasteiger partial charge in [0.05, 0.1) is 6.10 Å². The highest BCUT2D eigenvalue weighted by molar-refractivity contribution is 5.43. The standard InChI is InChI=1S/C10H14F2N2O2/c11-6-3-5(4-7(12)9(6)14)10(16)8(15)1-2-13/h3-4,8,10,15-16H,1-2,13-14H2. The van der Waals surface area contributed by atoms with Crippen LogP contribution in [-0.4, -0.2) is 22.9 Å². The van der Waals surface area contributed by atoms with Crippen LogP contribution in [0.3, 0.4) is 0 Å². The smallest absolute Gasteiger partial charge is 0.149 e. The number of anilines is 1. The molecule has 0 aliphatic rings. The van der Waals surface area contributed by atoms with Crippen molar-refractivity contribution in [3.05, 3.63) is 29.3 Å². The first-order chi connectivity index (χ1) is 7.47.